The third-order valence-electron chi connectivity index (χ3n) is 4.17. The first-order valence-electron chi connectivity index (χ1n) is 8.07. The van der Waals surface area contributed by atoms with Crippen LogP contribution < -0.4 is 16.0 Å². The van der Waals surface area contributed by atoms with Gasteiger partial charge in [-0.05, 0) is 18.8 Å². The highest BCUT2D eigenvalue weighted by Gasteiger charge is 2.29. The lowest BCUT2D eigenvalue weighted by atomic mass is 9.96. The van der Waals surface area contributed by atoms with Crippen LogP contribution in [0.3, 0.4) is 0 Å². The van der Waals surface area contributed by atoms with E-state index in [1.807, 2.05) is 0 Å². The van der Waals surface area contributed by atoms with Crippen molar-refractivity contribution in [3.63, 3.8) is 0 Å². The van der Waals surface area contributed by atoms with Gasteiger partial charge in [-0.25, -0.2) is 4.79 Å². The number of amides is 3. The number of urea groups is 1. The molecule has 2 heterocycles. The average molecular weight is 296 g/mol. The van der Waals surface area contributed by atoms with E-state index >= 15 is 0 Å². The molecule has 6 heteroatoms. The summed E-state index contributed by atoms with van der Waals surface area (Å²) in [6.07, 6.45) is 1.78. The lowest BCUT2D eigenvalue weighted by molar-refractivity contribution is -0.126. The van der Waals surface area contributed by atoms with Crippen LogP contribution in [-0.2, 0) is 4.79 Å². The molecule has 2 aliphatic heterocycles. The summed E-state index contributed by atoms with van der Waals surface area (Å²) in [5.41, 5.74) is 0. The molecule has 2 fully saturated rings. The Kier molecular flexibility index (Phi) is 5.85. The number of piperidine rings is 1. The van der Waals surface area contributed by atoms with E-state index in [0.717, 1.165) is 39.0 Å². The Balaban J connectivity index is 1.73. The van der Waals surface area contributed by atoms with Crippen LogP contribution in [0.4, 0.5) is 4.79 Å². The minimum Gasteiger partial charge on any atom is -0.355 e. The van der Waals surface area contributed by atoms with Crippen LogP contribution in [0.2, 0.25) is 0 Å². The van der Waals surface area contributed by atoms with Gasteiger partial charge in [-0.2, -0.15) is 0 Å². The molecule has 6 nitrogen and oxygen atoms in total. The normalized spacial score (nSPS) is 22.8. The molecule has 0 saturated carbocycles. The first kappa shape index (κ1) is 16.1. The fourth-order valence-corrected chi connectivity index (χ4v) is 2.66. The number of rotatable bonds is 5. The van der Waals surface area contributed by atoms with E-state index in [0.29, 0.717) is 24.9 Å². The van der Waals surface area contributed by atoms with Gasteiger partial charge in [0.15, 0.2) is 0 Å². The summed E-state index contributed by atoms with van der Waals surface area (Å²) in [6, 6.07) is -0.0376. The molecule has 0 radical (unpaired) electrons. The first-order chi connectivity index (χ1) is 10.1. The molecule has 0 aromatic heterocycles. The summed E-state index contributed by atoms with van der Waals surface area (Å²) in [7, 11) is 0. The van der Waals surface area contributed by atoms with Crippen molar-refractivity contribution >= 4 is 11.9 Å². The monoisotopic (exact) mass is 296 g/mol. The predicted molar refractivity (Wildman–Crippen MR) is 81.9 cm³/mol. The van der Waals surface area contributed by atoms with Crippen molar-refractivity contribution in [2.45, 2.75) is 26.7 Å². The molecule has 2 rings (SSSR count). The molecule has 3 amide bonds. The van der Waals surface area contributed by atoms with Gasteiger partial charge in [0.25, 0.3) is 0 Å². The molecule has 2 saturated heterocycles. The van der Waals surface area contributed by atoms with Gasteiger partial charge in [-0.3, -0.25) is 4.79 Å². The molecular formula is C15H28N4O2. The lowest BCUT2D eigenvalue weighted by Crippen LogP contribution is -2.52. The zero-order chi connectivity index (χ0) is 15.2. The van der Waals surface area contributed by atoms with E-state index in [2.05, 4.69) is 29.8 Å². The van der Waals surface area contributed by atoms with Crippen LogP contribution in [-0.4, -0.2) is 56.1 Å². The SMILES string of the molecule is CC(C)CNC(=O)N1CCCC(C(=O)NCC2CNC2)C1. The van der Waals surface area contributed by atoms with E-state index in [9.17, 15) is 9.59 Å². The molecular weight excluding hydrogens is 268 g/mol. The Labute approximate surface area is 127 Å². The average Bonchev–Trinajstić information content (AvgIpc) is 2.43. The highest BCUT2D eigenvalue weighted by atomic mass is 16.2. The minimum absolute atomic E-state index is 0.0376. The van der Waals surface area contributed by atoms with E-state index in [-0.39, 0.29) is 17.9 Å². The summed E-state index contributed by atoms with van der Waals surface area (Å²) in [5, 5.41) is 9.15. The van der Waals surface area contributed by atoms with E-state index in [4.69, 9.17) is 0 Å². The van der Waals surface area contributed by atoms with E-state index in [1.54, 1.807) is 4.90 Å². The number of carbonyl (C=O) groups excluding carboxylic acids is 2. The van der Waals surface area contributed by atoms with Gasteiger partial charge in [0.2, 0.25) is 5.91 Å². The topological polar surface area (TPSA) is 73.5 Å². The van der Waals surface area contributed by atoms with Gasteiger partial charge < -0.3 is 20.9 Å². The summed E-state index contributed by atoms with van der Waals surface area (Å²) in [6.45, 7) is 8.86. The van der Waals surface area contributed by atoms with Crippen LogP contribution in [0.25, 0.3) is 0 Å². The van der Waals surface area contributed by atoms with Crippen LogP contribution in [0.15, 0.2) is 0 Å². The Bertz CT molecular complexity index is 369. The summed E-state index contributed by atoms with van der Waals surface area (Å²) in [4.78, 5) is 26.0. The molecule has 3 N–H and O–H groups in total. The molecule has 0 aromatic rings. The summed E-state index contributed by atoms with van der Waals surface area (Å²) < 4.78 is 0. The third-order valence-corrected chi connectivity index (χ3v) is 4.17. The van der Waals surface area contributed by atoms with Gasteiger partial charge in [0.05, 0.1) is 5.92 Å². The molecule has 120 valence electrons. The molecule has 0 aliphatic carbocycles. The molecule has 0 bridgehead atoms. The summed E-state index contributed by atoms with van der Waals surface area (Å²) >= 11 is 0. The zero-order valence-corrected chi connectivity index (χ0v) is 13.2. The Hall–Kier alpha value is -1.30. The van der Waals surface area contributed by atoms with Crippen molar-refractivity contribution in [3.05, 3.63) is 0 Å². The number of nitrogens with zero attached hydrogens (tertiary/aromatic N) is 1. The molecule has 21 heavy (non-hydrogen) atoms. The number of hydrogen-bond acceptors (Lipinski definition) is 3. The number of carbonyl (C=O) groups is 2. The summed E-state index contributed by atoms with van der Waals surface area (Å²) in [5.74, 6) is 1.05. The Morgan fingerprint density at radius 1 is 1.29 bits per heavy atom. The van der Waals surface area contributed by atoms with Crippen LogP contribution >= 0.6 is 0 Å². The number of nitrogens with one attached hydrogen (secondary N) is 3. The van der Waals surface area contributed by atoms with Crippen molar-refractivity contribution in [2.24, 2.45) is 17.8 Å². The third kappa shape index (κ3) is 4.88. The maximum absolute atomic E-state index is 12.2. The Morgan fingerprint density at radius 3 is 2.67 bits per heavy atom. The van der Waals surface area contributed by atoms with E-state index in [1.165, 1.54) is 0 Å². The van der Waals surface area contributed by atoms with Gasteiger partial charge in [-0.1, -0.05) is 13.8 Å². The Morgan fingerprint density at radius 2 is 2.05 bits per heavy atom. The largest absolute Gasteiger partial charge is 0.355 e. The lowest BCUT2D eigenvalue weighted by Gasteiger charge is -2.33. The number of hydrogen-bond donors (Lipinski definition) is 3. The molecule has 1 unspecified atom stereocenters. The second kappa shape index (κ2) is 7.64. The zero-order valence-electron chi connectivity index (χ0n) is 13.2. The van der Waals surface area contributed by atoms with Crippen LogP contribution in [0, 0.1) is 17.8 Å². The van der Waals surface area contributed by atoms with Crippen molar-refractivity contribution in [1.82, 2.24) is 20.9 Å². The first-order valence-corrected chi connectivity index (χ1v) is 8.07. The quantitative estimate of drug-likeness (QED) is 0.687. The van der Waals surface area contributed by atoms with Gasteiger partial charge in [0.1, 0.15) is 0 Å². The maximum Gasteiger partial charge on any atom is 0.317 e. The molecule has 1 atom stereocenters. The van der Waals surface area contributed by atoms with Crippen molar-refractivity contribution < 1.29 is 9.59 Å². The van der Waals surface area contributed by atoms with Gasteiger partial charge in [-0.15, -0.1) is 0 Å². The van der Waals surface area contributed by atoms with Crippen molar-refractivity contribution in [3.8, 4) is 0 Å². The van der Waals surface area contributed by atoms with Crippen molar-refractivity contribution in [1.29, 1.82) is 0 Å². The fourth-order valence-electron chi connectivity index (χ4n) is 2.66. The van der Waals surface area contributed by atoms with Gasteiger partial charge in [0, 0.05) is 45.2 Å². The fraction of sp³-hybridized carbons (Fsp3) is 0.867. The maximum atomic E-state index is 12.2. The second-order valence-electron chi connectivity index (χ2n) is 6.63. The standard InChI is InChI=1S/C15H28N4O2/c1-11(2)6-18-15(21)19-5-3-4-13(10-19)14(20)17-9-12-7-16-8-12/h11-13,16H,3-10H2,1-2H3,(H,17,20)(H,18,21). The minimum atomic E-state index is -0.0587. The van der Waals surface area contributed by atoms with Crippen LogP contribution in [0.5, 0.6) is 0 Å². The molecule has 2 aliphatic rings. The molecule has 0 aromatic carbocycles. The molecule has 0 spiro atoms. The van der Waals surface area contributed by atoms with Gasteiger partial charge >= 0.3 is 6.03 Å². The van der Waals surface area contributed by atoms with Crippen LogP contribution in [0.1, 0.15) is 26.7 Å². The smallest absolute Gasteiger partial charge is 0.317 e. The van der Waals surface area contributed by atoms with Crippen molar-refractivity contribution in [2.75, 3.05) is 39.3 Å². The highest BCUT2D eigenvalue weighted by molar-refractivity contribution is 5.80. The predicted octanol–water partition coefficient (Wildman–Crippen LogP) is 0.400. The number of likely N-dealkylation sites (tertiary alicyclic amines) is 1. The second-order valence-corrected chi connectivity index (χ2v) is 6.63. The van der Waals surface area contributed by atoms with E-state index < -0.39 is 0 Å². The highest BCUT2D eigenvalue weighted by Crippen LogP contribution is 2.17.